The molecule has 4 rings (SSSR count). The Hall–Kier alpha value is -3.90. The number of urea groups is 1. The Morgan fingerprint density at radius 2 is 1.39 bits per heavy atom. The third-order valence-corrected chi connectivity index (χ3v) is 9.86. The van der Waals surface area contributed by atoms with E-state index in [9.17, 15) is 19.8 Å². The molecule has 218 valence electrons. The highest BCUT2D eigenvalue weighted by Gasteiger charge is 2.48. The van der Waals surface area contributed by atoms with Crippen molar-refractivity contribution in [2.24, 2.45) is 0 Å². The molecular weight excluding hydrogens is 544 g/mol. The minimum Gasteiger partial charge on any atom is -0.508 e. The minimum absolute atomic E-state index is 0.0754. The van der Waals surface area contributed by atoms with E-state index in [1.807, 2.05) is 20.8 Å². The zero-order valence-electron chi connectivity index (χ0n) is 23.4. The fraction of sp³-hybridized carbons (Fsp3) is 0.333. The normalized spacial score (nSPS) is 13.9. The third-order valence-electron chi connectivity index (χ3n) is 6.71. The van der Waals surface area contributed by atoms with Gasteiger partial charge >= 0.3 is 20.8 Å². The summed E-state index contributed by atoms with van der Waals surface area (Å²) in [5, 5.41) is 25.3. The summed E-state index contributed by atoms with van der Waals surface area (Å²) in [5.74, 6) is -0.410. The second kappa shape index (κ2) is 13.2. The number of aromatic hydroxyl groups is 2. The molecule has 11 heteroatoms. The number of anilines is 1. The maximum absolute atomic E-state index is 13.2. The predicted molar refractivity (Wildman–Crippen MR) is 155 cm³/mol. The summed E-state index contributed by atoms with van der Waals surface area (Å²) in [6.07, 6.45) is 0.609. The maximum Gasteiger partial charge on any atom is 0.500 e. The molecule has 4 N–H and O–H groups in total. The first-order valence-electron chi connectivity index (χ1n) is 13.7. The van der Waals surface area contributed by atoms with Crippen LogP contribution in [-0.2, 0) is 23.6 Å². The van der Waals surface area contributed by atoms with E-state index in [4.69, 9.17) is 18.0 Å². The smallest absolute Gasteiger partial charge is 0.500 e. The Morgan fingerprint density at radius 3 is 1.90 bits per heavy atom. The van der Waals surface area contributed by atoms with Crippen LogP contribution in [0.5, 0.6) is 11.5 Å². The zero-order valence-corrected chi connectivity index (χ0v) is 24.4. The largest absolute Gasteiger partial charge is 0.508 e. The molecular formula is C30H36N2O8Si. The van der Waals surface area contributed by atoms with E-state index >= 15 is 0 Å². The summed E-state index contributed by atoms with van der Waals surface area (Å²) in [5.41, 5.74) is 1.24. The van der Waals surface area contributed by atoms with Crippen molar-refractivity contribution in [2.45, 2.75) is 38.8 Å². The topological polar surface area (TPSA) is 136 Å². The fourth-order valence-electron chi connectivity index (χ4n) is 5.02. The molecule has 0 radical (unpaired) electrons. The molecule has 0 unspecified atom stereocenters. The van der Waals surface area contributed by atoms with E-state index in [0.717, 1.165) is 0 Å². The molecule has 41 heavy (non-hydrogen) atoms. The highest BCUT2D eigenvalue weighted by molar-refractivity contribution is 6.60. The van der Waals surface area contributed by atoms with Gasteiger partial charge in [0.25, 0.3) is 0 Å². The van der Waals surface area contributed by atoms with E-state index in [1.54, 1.807) is 42.5 Å². The number of amides is 2. The summed E-state index contributed by atoms with van der Waals surface area (Å²) in [6, 6.07) is 18.0. The Morgan fingerprint density at radius 1 is 0.854 bits per heavy atom. The molecule has 3 aromatic rings. The summed E-state index contributed by atoms with van der Waals surface area (Å²) in [4.78, 5) is 25.8. The van der Waals surface area contributed by atoms with Gasteiger partial charge in [-0.15, -0.1) is 0 Å². The second-order valence-corrected chi connectivity index (χ2v) is 12.1. The number of carbonyl (C=O) groups is 2. The number of phenols is 2. The van der Waals surface area contributed by atoms with Gasteiger partial charge in [-0.25, -0.2) is 9.59 Å². The first-order chi connectivity index (χ1) is 19.8. The number of esters is 1. The van der Waals surface area contributed by atoms with Gasteiger partial charge in [0.05, 0.1) is 5.56 Å². The lowest BCUT2D eigenvalue weighted by molar-refractivity contribution is 0.0251. The number of hydrogen-bond acceptors (Lipinski definition) is 8. The first kappa shape index (κ1) is 30.1. The van der Waals surface area contributed by atoms with Gasteiger partial charge in [-0.05, 0) is 63.6 Å². The Kier molecular flexibility index (Phi) is 9.66. The van der Waals surface area contributed by atoms with Crippen LogP contribution in [0.4, 0.5) is 10.5 Å². The van der Waals surface area contributed by atoms with Crippen molar-refractivity contribution in [1.82, 2.24) is 5.32 Å². The van der Waals surface area contributed by atoms with Crippen molar-refractivity contribution in [3.8, 4) is 11.5 Å². The van der Waals surface area contributed by atoms with Crippen molar-refractivity contribution in [1.29, 1.82) is 0 Å². The summed E-state index contributed by atoms with van der Waals surface area (Å²) in [6.45, 7) is 7.54. The Bertz CT molecular complexity index is 1290. The molecule has 2 amide bonds. The Labute approximate surface area is 240 Å². The predicted octanol–water partition coefficient (Wildman–Crippen LogP) is 5.12. The number of cyclic esters (lactones) is 1. The maximum atomic E-state index is 13.2. The van der Waals surface area contributed by atoms with E-state index in [2.05, 4.69) is 10.6 Å². The molecule has 0 bridgehead atoms. The van der Waals surface area contributed by atoms with Gasteiger partial charge in [-0.2, -0.15) is 0 Å². The van der Waals surface area contributed by atoms with Gasteiger partial charge in [0.2, 0.25) is 0 Å². The van der Waals surface area contributed by atoms with Crippen LogP contribution in [-0.4, -0.2) is 57.4 Å². The SMILES string of the molecule is CCO[Si](CCCNC(=O)Nc1ccc2c(c1)C(=O)OC2(c1ccc(O)cc1)c1ccc(O)cc1)(OCC)OCC. The number of nitrogens with one attached hydrogen (secondary N) is 2. The number of phenolic OH excluding ortho intramolecular Hbond substituents is 2. The quantitative estimate of drug-likeness (QED) is 0.124. The minimum atomic E-state index is -2.79. The molecule has 0 atom stereocenters. The van der Waals surface area contributed by atoms with Crippen molar-refractivity contribution >= 4 is 26.5 Å². The van der Waals surface area contributed by atoms with E-state index in [0.29, 0.717) is 66.8 Å². The molecule has 0 saturated carbocycles. The average Bonchev–Trinajstić information content (AvgIpc) is 3.25. The van der Waals surface area contributed by atoms with Gasteiger partial charge < -0.3 is 38.9 Å². The van der Waals surface area contributed by atoms with E-state index in [1.165, 1.54) is 24.3 Å². The molecule has 0 aliphatic carbocycles. The van der Waals surface area contributed by atoms with Crippen LogP contribution >= 0.6 is 0 Å². The lowest BCUT2D eigenvalue weighted by atomic mass is 9.80. The molecule has 10 nitrogen and oxygen atoms in total. The highest BCUT2D eigenvalue weighted by atomic mass is 28.4. The summed E-state index contributed by atoms with van der Waals surface area (Å²) >= 11 is 0. The fourth-order valence-corrected chi connectivity index (χ4v) is 7.63. The number of ether oxygens (including phenoxy) is 1. The van der Waals surface area contributed by atoms with Crippen molar-refractivity contribution in [3.05, 3.63) is 89.0 Å². The van der Waals surface area contributed by atoms with Crippen LogP contribution in [0.3, 0.4) is 0 Å². The molecule has 0 saturated heterocycles. The molecule has 3 aromatic carbocycles. The first-order valence-corrected chi connectivity index (χ1v) is 15.6. The number of carbonyl (C=O) groups excluding carboxylic acids is 2. The third kappa shape index (κ3) is 6.54. The lowest BCUT2D eigenvalue weighted by Crippen LogP contribution is -2.46. The molecule has 0 fully saturated rings. The number of hydrogen-bond donors (Lipinski definition) is 4. The zero-order chi connectivity index (χ0) is 29.5. The second-order valence-electron chi connectivity index (χ2n) is 9.39. The number of benzene rings is 3. The van der Waals surface area contributed by atoms with Crippen molar-refractivity contribution in [2.75, 3.05) is 31.7 Å². The van der Waals surface area contributed by atoms with E-state index < -0.39 is 26.4 Å². The molecule has 0 aromatic heterocycles. The summed E-state index contributed by atoms with van der Waals surface area (Å²) < 4.78 is 23.6. The van der Waals surface area contributed by atoms with Gasteiger partial charge in [-0.3, -0.25) is 0 Å². The van der Waals surface area contributed by atoms with Crippen LogP contribution in [0.2, 0.25) is 6.04 Å². The lowest BCUT2D eigenvalue weighted by Gasteiger charge is -2.30. The number of rotatable bonds is 13. The van der Waals surface area contributed by atoms with Crippen LogP contribution in [0.1, 0.15) is 54.2 Å². The van der Waals surface area contributed by atoms with Crippen LogP contribution < -0.4 is 10.6 Å². The van der Waals surface area contributed by atoms with Gasteiger partial charge in [-0.1, -0.05) is 30.3 Å². The van der Waals surface area contributed by atoms with Crippen molar-refractivity contribution < 1.29 is 37.8 Å². The van der Waals surface area contributed by atoms with Crippen LogP contribution in [0, 0.1) is 0 Å². The highest BCUT2D eigenvalue weighted by Crippen LogP contribution is 2.48. The molecule has 0 spiro atoms. The van der Waals surface area contributed by atoms with E-state index in [-0.39, 0.29) is 11.5 Å². The molecule has 1 heterocycles. The standard InChI is InChI=1S/C30H36N2O8Si/c1-4-37-41(38-5-2,39-6-3)19-7-18-31-29(36)32-23-12-17-27-26(20-23)28(35)40-30(27,21-8-13-24(33)14-9-21)22-10-15-25(34)16-11-22/h8-17,20,33-34H,4-7,18-19H2,1-3H3,(H2,31,32,36). The summed E-state index contributed by atoms with van der Waals surface area (Å²) in [7, 11) is -2.79. The van der Waals surface area contributed by atoms with Crippen molar-refractivity contribution in [3.63, 3.8) is 0 Å². The molecule has 1 aliphatic rings. The average molecular weight is 581 g/mol. The van der Waals surface area contributed by atoms with Crippen LogP contribution in [0.25, 0.3) is 0 Å². The van der Waals surface area contributed by atoms with Gasteiger partial charge in [0, 0.05) is 54.8 Å². The molecule has 1 aliphatic heterocycles. The number of fused-ring (bicyclic) bond motifs is 1. The van der Waals surface area contributed by atoms with Crippen LogP contribution in [0.15, 0.2) is 66.7 Å². The monoisotopic (exact) mass is 580 g/mol. The Balaban J connectivity index is 1.50. The van der Waals surface area contributed by atoms with Gasteiger partial charge in [0.15, 0.2) is 5.60 Å². The van der Waals surface area contributed by atoms with Gasteiger partial charge in [0.1, 0.15) is 11.5 Å².